The zero-order valence-corrected chi connectivity index (χ0v) is 25.9. The van der Waals surface area contributed by atoms with E-state index in [1.807, 2.05) is 0 Å². The molecule has 1 aliphatic rings. The number of rotatable bonds is 4. The summed E-state index contributed by atoms with van der Waals surface area (Å²) in [5, 5.41) is 56.9. The molecule has 0 radical (unpaired) electrons. The SMILES string of the molecule is [La+3].[O-]c1ccc(Br)cc1.[O-]c1cccc(C=N[C@H]2CCCC[C@@H]2N=Cc2cccc([O-])c2[O-])c1[O-].[Pd+2]. The van der Waals surface area contributed by atoms with Crippen LogP contribution in [0.4, 0.5) is 0 Å². The zero-order valence-electron chi connectivity index (χ0n) is 19.1. The molecule has 0 amide bonds. The first-order valence-corrected chi connectivity index (χ1v) is 11.6. The maximum absolute atomic E-state index is 11.8. The molecule has 3 aromatic rings. The Kier molecular flexibility index (Phi) is 14.6. The standard InChI is InChI=1S/C20H22N2O4.C6H5BrO.La.Pd/c23-17-9-3-5-13(19(17)25)11-21-15-7-1-2-8-16(15)22-12-14-6-4-10-18(24)20(14)26;7-5-1-3-6(8)4-2-5;;/h3-6,9-12,15-16,23-26H,1-2,7-8H2;1-4,8H;;/q;;+3;+2/p-5/t15-,16-;;;/m0.../s1. The van der Waals surface area contributed by atoms with E-state index in [1.165, 1.54) is 48.8 Å². The largest absolute Gasteiger partial charge is 3.00 e. The van der Waals surface area contributed by atoms with Crippen LogP contribution in [-0.4, -0.2) is 24.5 Å². The minimum atomic E-state index is -0.560. The molecule has 0 spiro atoms. The predicted molar refractivity (Wildman–Crippen MR) is 125 cm³/mol. The molecule has 0 unspecified atom stereocenters. The molecule has 10 heteroatoms. The van der Waals surface area contributed by atoms with Gasteiger partial charge in [-0.15, -0.1) is 28.7 Å². The van der Waals surface area contributed by atoms with Crippen molar-refractivity contribution < 1.29 is 81.6 Å². The molecule has 3 aromatic carbocycles. The third-order valence-corrected chi connectivity index (χ3v) is 5.87. The maximum atomic E-state index is 11.8. The molecule has 0 heterocycles. The van der Waals surface area contributed by atoms with Gasteiger partial charge in [-0.2, -0.15) is 0 Å². The average Bonchev–Trinajstić information content (AvgIpc) is 2.84. The van der Waals surface area contributed by atoms with Gasteiger partial charge in [0, 0.05) is 16.9 Å². The van der Waals surface area contributed by atoms with E-state index in [9.17, 15) is 25.5 Å². The summed E-state index contributed by atoms with van der Waals surface area (Å²) >= 11 is 3.21. The van der Waals surface area contributed by atoms with Crippen molar-refractivity contribution >= 4 is 28.4 Å². The topological polar surface area (TPSA) is 140 Å². The van der Waals surface area contributed by atoms with E-state index < -0.39 is 23.0 Å². The number of hydrogen-bond donors (Lipinski definition) is 0. The van der Waals surface area contributed by atoms with Gasteiger partial charge in [0.2, 0.25) is 0 Å². The van der Waals surface area contributed by atoms with Gasteiger partial charge in [-0.25, -0.2) is 0 Å². The fourth-order valence-corrected chi connectivity index (χ4v) is 3.76. The summed E-state index contributed by atoms with van der Waals surface area (Å²) in [5.41, 5.74) is 0.540. The quantitative estimate of drug-likeness (QED) is 0.297. The molecule has 0 N–H and O–H groups in total. The van der Waals surface area contributed by atoms with E-state index >= 15 is 0 Å². The molecule has 1 aliphatic carbocycles. The number of aliphatic imine (C=N–C) groups is 2. The molecule has 4 rings (SSSR count). The van der Waals surface area contributed by atoms with Crippen molar-refractivity contribution in [3.63, 3.8) is 0 Å². The Morgan fingerprint density at radius 2 is 1.08 bits per heavy atom. The Morgan fingerprint density at radius 1 is 0.667 bits per heavy atom. The van der Waals surface area contributed by atoms with Gasteiger partial charge in [0.25, 0.3) is 0 Å². The van der Waals surface area contributed by atoms with Crippen molar-refractivity contribution in [1.29, 1.82) is 0 Å². The number of hydrogen-bond acceptors (Lipinski definition) is 7. The zero-order chi connectivity index (χ0) is 24.5. The molecule has 2 atom stereocenters. The van der Waals surface area contributed by atoms with Crippen LogP contribution in [0.2, 0.25) is 0 Å². The van der Waals surface area contributed by atoms with Crippen molar-refractivity contribution in [3.8, 4) is 28.7 Å². The van der Waals surface area contributed by atoms with Gasteiger partial charge >= 0.3 is 56.0 Å². The molecule has 0 aliphatic heterocycles. The Hall–Kier alpha value is -1.66. The van der Waals surface area contributed by atoms with Crippen LogP contribution in [0.25, 0.3) is 0 Å². The van der Waals surface area contributed by atoms with Crippen LogP contribution in [0.3, 0.4) is 0 Å². The number of benzene rings is 3. The minimum absolute atomic E-state index is 0. The third-order valence-electron chi connectivity index (χ3n) is 5.34. The van der Waals surface area contributed by atoms with Crippen molar-refractivity contribution in [2.24, 2.45) is 9.98 Å². The molecular weight excluding hydrogens is 746 g/mol. The first-order chi connectivity index (χ1) is 16.3. The van der Waals surface area contributed by atoms with Gasteiger partial charge in [-0.05, 0) is 36.1 Å². The van der Waals surface area contributed by atoms with E-state index in [-0.39, 0.29) is 85.0 Å². The first kappa shape index (κ1) is 32.4. The summed E-state index contributed by atoms with van der Waals surface area (Å²) in [6, 6.07) is 14.9. The fourth-order valence-electron chi connectivity index (χ4n) is 3.50. The third kappa shape index (κ3) is 9.66. The normalized spacial score (nSPS) is 17.0. The maximum Gasteiger partial charge on any atom is 3.00 e. The molecule has 186 valence electrons. The van der Waals surface area contributed by atoms with Gasteiger partial charge in [-0.3, -0.25) is 9.98 Å². The van der Waals surface area contributed by atoms with E-state index in [0.29, 0.717) is 0 Å². The number of para-hydroxylation sites is 2. The van der Waals surface area contributed by atoms with Gasteiger partial charge < -0.3 is 25.5 Å². The Balaban J connectivity index is 0.000000555. The molecule has 1 fully saturated rings. The Bertz CT molecular complexity index is 1070. The molecule has 0 aromatic heterocycles. The van der Waals surface area contributed by atoms with Crippen molar-refractivity contribution in [3.05, 3.63) is 76.3 Å². The number of nitrogens with zero attached hydrogens (tertiary/aromatic N) is 2. The predicted octanol–water partition coefficient (Wildman–Crippen LogP) is 2.35. The van der Waals surface area contributed by atoms with E-state index in [0.717, 1.165) is 30.2 Å². The van der Waals surface area contributed by atoms with E-state index in [1.54, 1.807) is 24.3 Å². The van der Waals surface area contributed by atoms with Gasteiger partial charge in [0.05, 0.1) is 12.1 Å². The summed E-state index contributed by atoms with van der Waals surface area (Å²) in [6.45, 7) is 0. The van der Waals surface area contributed by atoms with E-state index in [4.69, 9.17) is 0 Å². The van der Waals surface area contributed by atoms with E-state index in [2.05, 4.69) is 25.9 Å². The first-order valence-electron chi connectivity index (χ1n) is 10.8. The fraction of sp³-hybridized carbons (Fsp3) is 0.231. The second kappa shape index (κ2) is 16.2. The van der Waals surface area contributed by atoms with Crippen molar-refractivity contribution in [2.75, 3.05) is 0 Å². The molecule has 7 nitrogen and oxygen atoms in total. The monoisotopic (exact) mass is 766 g/mol. The van der Waals surface area contributed by atoms with Crippen LogP contribution in [0.15, 0.2) is 75.1 Å². The van der Waals surface area contributed by atoms with Crippen LogP contribution in [-0.2, 0) is 20.4 Å². The van der Waals surface area contributed by atoms with Gasteiger partial charge in [0.15, 0.2) is 0 Å². The number of halogens is 1. The molecule has 0 bridgehead atoms. The van der Waals surface area contributed by atoms with Gasteiger partial charge in [0.1, 0.15) is 0 Å². The average molecular weight is 768 g/mol. The minimum Gasteiger partial charge on any atom is -0.873 e. The van der Waals surface area contributed by atoms with Gasteiger partial charge in [-0.1, -0.05) is 77.3 Å². The second-order valence-corrected chi connectivity index (χ2v) is 8.69. The second-order valence-electron chi connectivity index (χ2n) is 7.78. The van der Waals surface area contributed by atoms with Crippen LogP contribution in [0, 0.1) is 35.6 Å². The summed E-state index contributed by atoms with van der Waals surface area (Å²) in [7, 11) is 0. The summed E-state index contributed by atoms with van der Waals surface area (Å²) in [6.07, 6.45) is 6.52. The van der Waals surface area contributed by atoms with Crippen LogP contribution in [0.5, 0.6) is 28.7 Å². The molecule has 36 heavy (non-hydrogen) atoms. The van der Waals surface area contributed by atoms with Crippen molar-refractivity contribution in [2.45, 2.75) is 37.8 Å². The Labute approximate surface area is 260 Å². The molecular formula is C26H22BrLaN2O5Pd. The summed E-state index contributed by atoms with van der Waals surface area (Å²) in [5.74, 6) is -2.17. The summed E-state index contributed by atoms with van der Waals surface area (Å²) < 4.78 is 0.942. The van der Waals surface area contributed by atoms with Crippen LogP contribution in [0.1, 0.15) is 36.8 Å². The smallest absolute Gasteiger partial charge is 0.873 e. The van der Waals surface area contributed by atoms with Crippen molar-refractivity contribution in [1.82, 2.24) is 0 Å². The van der Waals surface area contributed by atoms with Crippen LogP contribution < -0.4 is 25.5 Å². The summed E-state index contributed by atoms with van der Waals surface area (Å²) in [4.78, 5) is 8.94. The molecule has 1 saturated carbocycles. The Morgan fingerprint density at radius 3 is 1.47 bits per heavy atom. The van der Waals surface area contributed by atoms with Crippen LogP contribution >= 0.6 is 15.9 Å². The molecule has 0 saturated heterocycles.